The summed E-state index contributed by atoms with van der Waals surface area (Å²) in [5.74, 6) is 1.01. The maximum Gasteiger partial charge on any atom is 0.122 e. The van der Waals surface area contributed by atoms with Gasteiger partial charge in [-0.1, -0.05) is 26.8 Å². The normalized spacial score (nSPS) is 30.5. The van der Waals surface area contributed by atoms with Crippen molar-refractivity contribution in [2.45, 2.75) is 66.5 Å². The molecule has 2 aliphatic rings. The summed E-state index contributed by atoms with van der Waals surface area (Å²) in [7, 11) is 1.76. The van der Waals surface area contributed by atoms with E-state index in [1.807, 2.05) is 0 Å². The molecule has 0 N–H and O–H groups in total. The van der Waals surface area contributed by atoms with Gasteiger partial charge in [0.15, 0.2) is 0 Å². The largest absolute Gasteiger partial charge is 0.496 e. The van der Waals surface area contributed by atoms with Crippen LogP contribution in [0.25, 0.3) is 0 Å². The van der Waals surface area contributed by atoms with E-state index in [0.29, 0.717) is 10.8 Å². The lowest BCUT2D eigenvalue weighted by atomic mass is 9.65. The van der Waals surface area contributed by atoms with Gasteiger partial charge in [-0.15, -0.1) is 0 Å². The number of benzene rings is 1. The number of aryl methyl sites for hydroxylation is 2. The Balaban J connectivity index is 1.82. The quantitative estimate of drug-likeness (QED) is 0.801. The van der Waals surface area contributed by atoms with Gasteiger partial charge < -0.3 is 4.74 Å². The molecule has 0 spiro atoms. The molecule has 1 aromatic rings. The zero-order chi connectivity index (χ0) is 16.1. The van der Waals surface area contributed by atoms with E-state index in [0.717, 1.165) is 18.3 Å². The second-order valence-electron chi connectivity index (χ2n) is 8.87. The standard InChI is InChI=1S/C20H31NO/c1-14-8-18(22-6)15(2)7-16(14)11-21-13-20(5)10-17(21)9-19(3,4)12-20/h7-8,17H,9-13H2,1-6H3/t17-,20+/m0/s1. The van der Waals surface area contributed by atoms with Gasteiger partial charge in [0.25, 0.3) is 0 Å². The first kappa shape index (κ1) is 15.9. The fourth-order valence-corrected chi connectivity index (χ4v) is 5.22. The van der Waals surface area contributed by atoms with Crippen molar-refractivity contribution < 1.29 is 4.74 Å². The van der Waals surface area contributed by atoms with Gasteiger partial charge in [0.1, 0.15) is 5.75 Å². The van der Waals surface area contributed by atoms with E-state index < -0.39 is 0 Å². The van der Waals surface area contributed by atoms with Crippen molar-refractivity contribution >= 4 is 0 Å². The fraction of sp³-hybridized carbons (Fsp3) is 0.700. The SMILES string of the molecule is COc1cc(C)c(CN2C[C@]3(C)C[C@@H]2CC(C)(C)C3)cc1C. The molecule has 2 bridgehead atoms. The number of likely N-dealkylation sites (tertiary alicyclic amines) is 1. The summed E-state index contributed by atoms with van der Waals surface area (Å²) >= 11 is 0. The van der Waals surface area contributed by atoms with Crippen LogP contribution in [0, 0.1) is 24.7 Å². The van der Waals surface area contributed by atoms with E-state index in [4.69, 9.17) is 4.74 Å². The Kier molecular flexibility index (Phi) is 3.79. The number of rotatable bonds is 3. The highest BCUT2D eigenvalue weighted by Gasteiger charge is 2.49. The minimum atomic E-state index is 0.497. The van der Waals surface area contributed by atoms with Crippen molar-refractivity contribution in [3.63, 3.8) is 0 Å². The molecular formula is C20H31NO. The monoisotopic (exact) mass is 301 g/mol. The van der Waals surface area contributed by atoms with Crippen LogP contribution in [-0.2, 0) is 6.54 Å². The summed E-state index contributed by atoms with van der Waals surface area (Å²) in [6.07, 6.45) is 4.09. The highest BCUT2D eigenvalue weighted by Crippen LogP contribution is 2.52. The third kappa shape index (κ3) is 2.90. The molecule has 2 heteroatoms. The number of hydrogen-bond acceptors (Lipinski definition) is 2. The van der Waals surface area contributed by atoms with Gasteiger partial charge in [0.2, 0.25) is 0 Å². The first-order valence-corrected chi connectivity index (χ1v) is 8.60. The second kappa shape index (κ2) is 5.26. The van der Waals surface area contributed by atoms with Gasteiger partial charge in [-0.3, -0.25) is 4.90 Å². The molecule has 1 saturated heterocycles. The van der Waals surface area contributed by atoms with Gasteiger partial charge in [-0.05, 0) is 66.7 Å². The molecule has 0 unspecified atom stereocenters. The summed E-state index contributed by atoms with van der Waals surface area (Å²) in [6.45, 7) is 14.1. The lowest BCUT2D eigenvalue weighted by molar-refractivity contribution is 0.126. The van der Waals surface area contributed by atoms with Gasteiger partial charge in [-0.2, -0.15) is 0 Å². The van der Waals surface area contributed by atoms with Crippen molar-refractivity contribution in [3.05, 3.63) is 28.8 Å². The van der Waals surface area contributed by atoms with Gasteiger partial charge >= 0.3 is 0 Å². The molecular weight excluding hydrogens is 270 g/mol. The highest BCUT2D eigenvalue weighted by molar-refractivity contribution is 5.41. The lowest BCUT2D eigenvalue weighted by Crippen LogP contribution is -2.34. The Bertz CT molecular complexity index is 577. The molecule has 1 aromatic carbocycles. The molecule has 3 rings (SSSR count). The summed E-state index contributed by atoms with van der Waals surface area (Å²) in [4.78, 5) is 2.74. The molecule has 1 saturated carbocycles. The van der Waals surface area contributed by atoms with Crippen molar-refractivity contribution in [2.24, 2.45) is 10.8 Å². The van der Waals surface area contributed by atoms with E-state index in [1.54, 1.807) is 7.11 Å². The fourth-order valence-electron chi connectivity index (χ4n) is 5.22. The van der Waals surface area contributed by atoms with E-state index in [2.05, 4.69) is 51.7 Å². The molecule has 2 nitrogen and oxygen atoms in total. The smallest absolute Gasteiger partial charge is 0.122 e. The number of methoxy groups -OCH3 is 1. The highest BCUT2D eigenvalue weighted by atomic mass is 16.5. The van der Waals surface area contributed by atoms with Crippen molar-refractivity contribution in [2.75, 3.05) is 13.7 Å². The molecule has 1 heterocycles. The molecule has 1 aliphatic heterocycles. The first-order valence-electron chi connectivity index (χ1n) is 8.60. The Labute approximate surface area is 135 Å². The maximum atomic E-state index is 5.45. The van der Waals surface area contributed by atoms with Crippen LogP contribution in [0.4, 0.5) is 0 Å². The molecule has 1 aliphatic carbocycles. The molecule has 0 aromatic heterocycles. The molecule has 0 amide bonds. The predicted octanol–water partition coefficient (Wildman–Crippen LogP) is 4.71. The van der Waals surface area contributed by atoms with E-state index in [-0.39, 0.29) is 0 Å². The van der Waals surface area contributed by atoms with Gasteiger partial charge in [-0.25, -0.2) is 0 Å². The molecule has 2 atom stereocenters. The van der Waals surface area contributed by atoms with Crippen LogP contribution in [0.3, 0.4) is 0 Å². The van der Waals surface area contributed by atoms with Crippen LogP contribution in [0.2, 0.25) is 0 Å². The number of hydrogen-bond donors (Lipinski definition) is 0. The molecule has 2 fully saturated rings. The van der Waals surface area contributed by atoms with Crippen LogP contribution in [-0.4, -0.2) is 24.6 Å². The third-order valence-corrected chi connectivity index (χ3v) is 5.75. The van der Waals surface area contributed by atoms with E-state index >= 15 is 0 Å². The molecule has 0 radical (unpaired) electrons. The maximum absolute atomic E-state index is 5.45. The van der Waals surface area contributed by atoms with Crippen LogP contribution in [0.5, 0.6) is 5.75 Å². The topological polar surface area (TPSA) is 12.5 Å². The predicted molar refractivity (Wildman–Crippen MR) is 92.4 cm³/mol. The van der Waals surface area contributed by atoms with Crippen LogP contribution in [0.15, 0.2) is 12.1 Å². The minimum absolute atomic E-state index is 0.497. The lowest BCUT2D eigenvalue weighted by Gasteiger charge is -2.40. The van der Waals surface area contributed by atoms with Crippen LogP contribution >= 0.6 is 0 Å². The summed E-state index contributed by atoms with van der Waals surface area (Å²) in [5, 5.41) is 0. The molecule has 122 valence electrons. The van der Waals surface area contributed by atoms with Gasteiger partial charge in [0.05, 0.1) is 7.11 Å². The Morgan fingerprint density at radius 1 is 1.14 bits per heavy atom. The van der Waals surface area contributed by atoms with Crippen molar-refractivity contribution in [3.8, 4) is 5.75 Å². The van der Waals surface area contributed by atoms with Crippen LogP contribution < -0.4 is 4.74 Å². The zero-order valence-electron chi connectivity index (χ0n) is 15.1. The van der Waals surface area contributed by atoms with Crippen molar-refractivity contribution in [1.82, 2.24) is 4.90 Å². The van der Waals surface area contributed by atoms with Crippen LogP contribution in [0.1, 0.15) is 56.7 Å². The Morgan fingerprint density at radius 3 is 2.55 bits per heavy atom. The number of nitrogens with zero attached hydrogens (tertiary/aromatic N) is 1. The average molecular weight is 301 g/mol. The Hall–Kier alpha value is -1.02. The molecule has 22 heavy (non-hydrogen) atoms. The second-order valence-corrected chi connectivity index (χ2v) is 8.87. The number of ether oxygens (including phenoxy) is 1. The Morgan fingerprint density at radius 2 is 1.86 bits per heavy atom. The zero-order valence-corrected chi connectivity index (χ0v) is 15.1. The number of fused-ring (bicyclic) bond motifs is 2. The van der Waals surface area contributed by atoms with E-state index in [9.17, 15) is 0 Å². The summed E-state index contributed by atoms with van der Waals surface area (Å²) < 4.78 is 5.45. The van der Waals surface area contributed by atoms with Crippen molar-refractivity contribution in [1.29, 1.82) is 0 Å². The third-order valence-electron chi connectivity index (χ3n) is 5.75. The average Bonchev–Trinajstić information content (AvgIpc) is 2.62. The van der Waals surface area contributed by atoms with E-state index in [1.165, 1.54) is 42.5 Å². The minimum Gasteiger partial charge on any atom is -0.496 e. The summed E-state index contributed by atoms with van der Waals surface area (Å²) in [5.41, 5.74) is 5.08. The first-order chi connectivity index (χ1) is 10.2. The summed E-state index contributed by atoms with van der Waals surface area (Å²) in [6, 6.07) is 5.28. The van der Waals surface area contributed by atoms with Gasteiger partial charge in [0, 0.05) is 19.1 Å².